The summed E-state index contributed by atoms with van der Waals surface area (Å²) in [7, 11) is 0. The lowest BCUT2D eigenvalue weighted by molar-refractivity contribution is 0.0951. The van der Waals surface area contributed by atoms with Gasteiger partial charge in [-0.15, -0.1) is 0 Å². The number of nitrogens with one attached hydrogen (secondary N) is 2. The van der Waals surface area contributed by atoms with Gasteiger partial charge in [-0.1, -0.05) is 13.0 Å². The Morgan fingerprint density at radius 3 is 2.94 bits per heavy atom. The normalized spacial score (nSPS) is 14.6. The van der Waals surface area contributed by atoms with Crippen LogP contribution in [0.5, 0.6) is 0 Å². The fraction of sp³-hybridized carbons (Fsp3) is 0.462. The molecular weight excluding hydrogens is 200 g/mol. The van der Waals surface area contributed by atoms with Crippen molar-refractivity contribution < 1.29 is 4.79 Å². The predicted molar refractivity (Wildman–Crippen MR) is 65.7 cm³/mol. The van der Waals surface area contributed by atoms with E-state index in [0.717, 1.165) is 37.1 Å². The zero-order valence-electron chi connectivity index (χ0n) is 9.62. The van der Waals surface area contributed by atoms with Crippen LogP contribution in [0.25, 0.3) is 0 Å². The van der Waals surface area contributed by atoms with Gasteiger partial charge in [0.05, 0.1) is 0 Å². The highest BCUT2D eigenvalue weighted by Crippen LogP contribution is 2.19. The Labute approximate surface area is 96.2 Å². The average molecular weight is 218 g/mol. The minimum Gasteiger partial charge on any atom is -0.385 e. The SMILES string of the molecule is CCCNc1cccc(C(=O)NC2CC2)c1. The third-order valence-electron chi connectivity index (χ3n) is 2.62. The van der Waals surface area contributed by atoms with E-state index in [4.69, 9.17) is 0 Å². The molecular formula is C13H18N2O. The maximum absolute atomic E-state index is 11.8. The van der Waals surface area contributed by atoms with Gasteiger partial charge in [-0.05, 0) is 37.5 Å². The van der Waals surface area contributed by atoms with E-state index in [-0.39, 0.29) is 5.91 Å². The summed E-state index contributed by atoms with van der Waals surface area (Å²) in [5.74, 6) is 0.0441. The van der Waals surface area contributed by atoms with E-state index in [9.17, 15) is 4.79 Å². The fourth-order valence-corrected chi connectivity index (χ4v) is 1.54. The molecule has 2 rings (SSSR count). The fourth-order valence-electron chi connectivity index (χ4n) is 1.54. The van der Waals surface area contributed by atoms with E-state index in [1.165, 1.54) is 0 Å². The molecule has 0 radical (unpaired) electrons. The van der Waals surface area contributed by atoms with Crippen molar-refractivity contribution in [1.82, 2.24) is 5.32 Å². The lowest BCUT2D eigenvalue weighted by Crippen LogP contribution is -2.25. The largest absolute Gasteiger partial charge is 0.385 e. The van der Waals surface area contributed by atoms with Crippen molar-refractivity contribution in [2.75, 3.05) is 11.9 Å². The maximum atomic E-state index is 11.8. The lowest BCUT2D eigenvalue weighted by Gasteiger charge is -2.07. The summed E-state index contributed by atoms with van der Waals surface area (Å²) in [5.41, 5.74) is 1.76. The highest BCUT2D eigenvalue weighted by atomic mass is 16.1. The second-order valence-corrected chi connectivity index (χ2v) is 4.26. The molecule has 1 amide bonds. The quantitative estimate of drug-likeness (QED) is 0.796. The lowest BCUT2D eigenvalue weighted by atomic mass is 10.2. The highest BCUT2D eigenvalue weighted by molar-refractivity contribution is 5.95. The van der Waals surface area contributed by atoms with E-state index in [1.54, 1.807) is 0 Å². The molecule has 0 aliphatic heterocycles. The monoisotopic (exact) mass is 218 g/mol. The molecule has 1 fully saturated rings. The van der Waals surface area contributed by atoms with Gasteiger partial charge < -0.3 is 10.6 Å². The molecule has 0 bridgehead atoms. The Bertz CT molecular complexity index is 372. The van der Waals surface area contributed by atoms with Crippen molar-refractivity contribution in [3.8, 4) is 0 Å². The van der Waals surface area contributed by atoms with E-state index >= 15 is 0 Å². The molecule has 2 N–H and O–H groups in total. The molecule has 0 unspecified atom stereocenters. The number of rotatable bonds is 5. The van der Waals surface area contributed by atoms with Gasteiger partial charge in [0.1, 0.15) is 0 Å². The van der Waals surface area contributed by atoms with Crippen molar-refractivity contribution in [3.05, 3.63) is 29.8 Å². The first-order chi connectivity index (χ1) is 7.79. The smallest absolute Gasteiger partial charge is 0.251 e. The van der Waals surface area contributed by atoms with Crippen LogP contribution in [0.15, 0.2) is 24.3 Å². The summed E-state index contributed by atoms with van der Waals surface area (Å²) < 4.78 is 0. The van der Waals surface area contributed by atoms with Gasteiger partial charge in [-0.2, -0.15) is 0 Å². The van der Waals surface area contributed by atoms with Crippen LogP contribution in [-0.4, -0.2) is 18.5 Å². The van der Waals surface area contributed by atoms with Crippen molar-refractivity contribution in [3.63, 3.8) is 0 Å². The Balaban J connectivity index is 1.99. The zero-order chi connectivity index (χ0) is 11.4. The number of hydrogen-bond donors (Lipinski definition) is 2. The first-order valence-corrected chi connectivity index (χ1v) is 5.94. The molecule has 0 heterocycles. The second kappa shape index (κ2) is 5.01. The van der Waals surface area contributed by atoms with Gasteiger partial charge in [0, 0.05) is 23.8 Å². The molecule has 1 aliphatic carbocycles. The molecule has 0 aromatic heterocycles. The Morgan fingerprint density at radius 2 is 2.25 bits per heavy atom. The molecule has 0 atom stereocenters. The number of amides is 1. The third-order valence-corrected chi connectivity index (χ3v) is 2.62. The minimum absolute atomic E-state index is 0.0441. The van der Waals surface area contributed by atoms with Crippen LogP contribution in [-0.2, 0) is 0 Å². The summed E-state index contributed by atoms with van der Waals surface area (Å²) in [4.78, 5) is 11.8. The van der Waals surface area contributed by atoms with Gasteiger partial charge >= 0.3 is 0 Å². The molecule has 16 heavy (non-hydrogen) atoms. The standard InChI is InChI=1S/C13H18N2O/c1-2-8-14-12-5-3-4-10(9-12)13(16)15-11-6-7-11/h3-5,9,11,14H,2,6-8H2,1H3,(H,15,16). The molecule has 1 aromatic carbocycles. The van der Waals surface area contributed by atoms with Crippen molar-refractivity contribution in [2.24, 2.45) is 0 Å². The van der Waals surface area contributed by atoms with Crippen molar-refractivity contribution >= 4 is 11.6 Å². The topological polar surface area (TPSA) is 41.1 Å². The van der Waals surface area contributed by atoms with Crippen LogP contribution >= 0.6 is 0 Å². The molecule has 1 aliphatic rings. The summed E-state index contributed by atoms with van der Waals surface area (Å²) in [6.45, 7) is 3.06. The first-order valence-electron chi connectivity index (χ1n) is 5.94. The number of benzene rings is 1. The summed E-state index contributed by atoms with van der Waals surface area (Å²) >= 11 is 0. The number of carbonyl (C=O) groups is 1. The molecule has 3 nitrogen and oxygen atoms in total. The van der Waals surface area contributed by atoms with Crippen LogP contribution in [0.4, 0.5) is 5.69 Å². The summed E-state index contributed by atoms with van der Waals surface area (Å²) in [6, 6.07) is 8.09. The molecule has 3 heteroatoms. The van der Waals surface area contributed by atoms with Crippen molar-refractivity contribution in [1.29, 1.82) is 0 Å². The predicted octanol–water partition coefficient (Wildman–Crippen LogP) is 2.40. The molecule has 0 spiro atoms. The summed E-state index contributed by atoms with van der Waals surface area (Å²) in [5, 5.41) is 6.27. The van der Waals surface area contributed by atoms with Crippen LogP contribution < -0.4 is 10.6 Å². The van der Waals surface area contributed by atoms with Gasteiger partial charge in [-0.3, -0.25) is 4.79 Å². The second-order valence-electron chi connectivity index (χ2n) is 4.26. The Morgan fingerprint density at radius 1 is 1.44 bits per heavy atom. The van der Waals surface area contributed by atoms with Gasteiger partial charge in [0.2, 0.25) is 0 Å². The number of hydrogen-bond acceptors (Lipinski definition) is 2. The first kappa shape index (κ1) is 11.0. The van der Waals surface area contributed by atoms with E-state index in [0.29, 0.717) is 6.04 Å². The van der Waals surface area contributed by atoms with E-state index in [1.807, 2.05) is 24.3 Å². The highest BCUT2D eigenvalue weighted by Gasteiger charge is 2.23. The van der Waals surface area contributed by atoms with Crippen LogP contribution in [0, 0.1) is 0 Å². The zero-order valence-corrected chi connectivity index (χ0v) is 9.62. The average Bonchev–Trinajstić information content (AvgIpc) is 3.10. The minimum atomic E-state index is 0.0441. The molecule has 1 aromatic rings. The Hall–Kier alpha value is -1.51. The summed E-state index contributed by atoms with van der Waals surface area (Å²) in [6.07, 6.45) is 3.33. The third kappa shape index (κ3) is 2.99. The van der Waals surface area contributed by atoms with Crippen molar-refractivity contribution in [2.45, 2.75) is 32.2 Å². The van der Waals surface area contributed by atoms with E-state index < -0.39 is 0 Å². The number of anilines is 1. The van der Waals surface area contributed by atoms with Crippen LogP contribution in [0.3, 0.4) is 0 Å². The van der Waals surface area contributed by atoms with E-state index in [2.05, 4.69) is 17.6 Å². The van der Waals surface area contributed by atoms with Crippen LogP contribution in [0.2, 0.25) is 0 Å². The molecule has 1 saturated carbocycles. The van der Waals surface area contributed by atoms with Gasteiger partial charge in [-0.25, -0.2) is 0 Å². The molecule has 86 valence electrons. The van der Waals surface area contributed by atoms with Gasteiger partial charge in [0.15, 0.2) is 0 Å². The van der Waals surface area contributed by atoms with Gasteiger partial charge in [0.25, 0.3) is 5.91 Å². The Kier molecular flexibility index (Phi) is 3.44. The maximum Gasteiger partial charge on any atom is 0.251 e. The molecule has 0 saturated heterocycles. The van der Waals surface area contributed by atoms with Crippen LogP contribution in [0.1, 0.15) is 36.5 Å². The number of carbonyl (C=O) groups excluding carboxylic acids is 1.